The van der Waals surface area contributed by atoms with Gasteiger partial charge in [0.2, 0.25) is 6.79 Å². The highest BCUT2D eigenvalue weighted by Gasteiger charge is 2.37. The van der Waals surface area contributed by atoms with E-state index in [4.69, 9.17) is 18.9 Å². The Labute approximate surface area is 229 Å². The molecule has 4 amide bonds. The summed E-state index contributed by atoms with van der Waals surface area (Å²) in [7, 11) is 1.42. The Balaban J connectivity index is 1.42. The fourth-order valence-corrected chi connectivity index (χ4v) is 4.36. The van der Waals surface area contributed by atoms with E-state index < -0.39 is 22.8 Å². The van der Waals surface area contributed by atoms with E-state index in [1.54, 1.807) is 30.3 Å². The molecule has 1 fully saturated rings. The highest BCUT2D eigenvalue weighted by molar-refractivity contribution is 9.10. The van der Waals surface area contributed by atoms with E-state index in [-0.39, 0.29) is 36.1 Å². The lowest BCUT2D eigenvalue weighted by Gasteiger charge is -2.26. The number of urea groups is 1. The first-order valence-electron chi connectivity index (χ1n) is 11.3. The number of anilines is 1. The molecule has 1 saturated heterocycles. The number of hydrogen-bond donors (Lipinski definition) is 1. The predicted molar refractivity (Wildman–Crippen MR) is 140 cm³/mol. The van der Waals surface area contributed by atoms with Gasteiger partial charge in [-0.15, -0.1) is 0 Å². The fourth-order valence-electron chi connectivity index (χ4n) is 3.93. The molecule has 198 valence electrons. The molecule has 0 aliphatic carbocycles. The Morgan fingerprint density at radius 3 is 2.64 bits per heavy atom. The Bertz CT molecular complexity index is 1570. The number of carbonyl (C=O) groups excluding carboxylic acids is 3. The van der Waals surface area contributed by atoms with E-state index in [9.17, 15) is 24.5 Å². The summed E-state index contributed by atoms with van der Waals surface area (Å²) in [6.45, 7) is 0.0435. The minimum absolute atomic E-state index is 0.0173. The maximum absolute atomic E-state index is 13.3. The molecule has 1 N–H and O–H groups in total. The van der Waals surface area contributed by atoms with Gasteiger partial charge >= 0.3 is 6.03 Å². The summed E-state index contributed by atoms with van der Waals surface area (Å²) in [5.41, 5.74) is 0.816. The average Bonchev–Trinajstić information content (AvgIpc) is 3.39. The van der Waals surface area contributed by atoms with Crippen LogP contribution >= 0.6 is 15.9 Å². The van der Waals surface area contributed by atoms with E-state index >= 15 is 0 Å². The standard InChI is InChI=1S/C26H18BrN3O9/c1-36-21-9-15(19(27)11-23(21)37-12-14-3-2-4-17(7-14)30(34)35)8-18-24(31)28-26(33)29(25(18)32)16-5-6-20-22(10-16)39-13-38-20/h2-11H,12-13H2,1H3,(H,28,31,33)/b18-8+. The molecule has 5 rings (SSSR count). The number of nitrogens with zero attached hydrogens (tertiary/aromatic N) is 2. The maximum Gasteiger partial charge on any atom is 0.335 e. The van der Waals surface area contributed by atoms with Gasteiger partial charge in [0.1, 0.15) is 12.2 Å². The predicted octanol–water partition coefficient (Wildman–Crippen LogP) is 4.34. The first-order valence-corrected chi connectivity index (χ1v) is 12.1. The highest BCUT2D eigenvalue weighted by atomic mass is 79.9. The largest absolute Gasteiger partial charge is 0.493 e. The number of fused-ring (bicyclic) bond motifs is 1. The van der Waals surface area contributed by atoms with Gasteiger partial charge < -0.3 is 18.9 Å². The van der Waals surface area contributed by atoms with Crippen molar-refractivity contribution in [1.29, 1.82) is 0 Å². The normalized spacial score (nSPS) is 15.4. The van der Waals surface area contributed by atoms with Crippen LogP contribution in [0.3, 0.4) is 0 Å². The van der Waals surface area contributed by atoms with Crippen LogP contribution in [0.4, 0.5) is 16.2 Å². The zero-order valence-electron chi connectivity index (χ0n) is 20.1. The number of rotatable bonds is 7. The molecule has 0 saturated carbocycles. The number of carbonyl (C=O) groups is 3. The topological polar surface area (TPSA) is 147 Å². The first-order chi connectivity index (χ1) is 18.7. The number of methoxy groups -OCH3 is 1. The minimum atomic E-state index is -0.900. The second-order valence-corrected chi connectivity index (χ2v) is 9.09. The van der Waals surface area contributed by atoms with E-state index in [1.807, 2.05) is 0 Å². The smallest absolute Gasteiger partial charge is 0.335 e. The number of hydrogen-bond acceptors (Lipinski definition) is 9. The van der Waals surface area contributed by atoms with Crippen molar-refractivity contribution >= 4 is 51.2 Å². The maximum atomic E-state index is 13.3. The molecule has 0 spiro atoms. The second-order valence-electron chi connectivity index (χ2n) is 8.24. The zero-order chi connectivity index (χ0) is 27.7. The molecule has 12 nitrogen and oxygen atoms in total. The van der Waals surface area contributed by atoms with E-state index in [1.165, 1.54) is 37.5 Å². The molecule has 2 aliphatic rings. The Morgan fingerprint density at radius 1 is 1.08 bits per heavy atom. The summed E-state index contributed by atoms with van der Waals surface area (Å²) < 4.78 is 22.3. The van der Waals surface area contributed by atoms with Crippen molar-refractivity contribution in [3.63, 3.8) is 0 Å². The molecular formula is C26H18BrN3O9. The molecule has 0 atom stereocenters. The number of benzene rings is 3. The lowest BCUT2D eigenvalue weighted by atomic mass is 10.1. The van der Waals surface area contributed by atoms with E-state index in [0.717, 1.165) is 4.90 Å². The SMILES string of the molecule is COc1cc(/C=C2\C(=O)NC(=O)N(c3ccc4c(c3)OCO4)C2=O)c(Br)cc1OCc1cccc([N+](=O)[O-])c1. The van der Waals surface area contributed by atoms with Gasteiger partial charge in [-0.2, -0.15) is 0 Å². The second kappa shape index (κ2) is 10.5. The average molecular weight is 596 g/mol. The van der Waals surface area contributed by atoms with Crippen molar-refractivity contribution in [2.75, 3.05) is 18.8 Å². The van der Waals surface area contributed by atoms with Crippen LogP contribution < -0.4 is 29.2 Å². The van der Waals surface area contributed by atoms with Gasteiger partial charge in [-0.05, 0) is 41.5 Å². The lowest BCUT2D eigenvalue weighted by Crippen LogP contribution is -2.54. The van der Waals surface area contributed by atoms with Crippen LogP contribution in [0.1, 0.15) is 11.1 Å². The van der Waals surface area contributed by atoms with Crippen molar-refractivity contribution in [3.8, 4) is 23.0 Å². The molecule has 39 heavy (non-hydrogen) atoms. The summed E-state index contributed by atoms with van der Waals surface area (Å²) >= 11 is 3.42. The van der Waals surface area contributed by atoms with Crippen molar-refractivity contribution in [3.05, 3.63) is 85.9 Å². The number of nitrogens with one attached hydrogen (secondary N) is 1. The Hall–Kier alpha value is -4.91. The Kier molecular flexibility index (Phi) is 6.90. The van der Waals surface area contributed by atoms with Gasteiger partial charge in [0.05, 0.1) is 17.7 Å². The van der Waals surface area contributed by atoms with Gasteiger partial charge in [0, 0.05) is 22.7 Å². The molecule has 0 unspecified atom stereocenters. The number of nitro groups is 1. The monoisotopic (exact) mass is 595 g/mol. The summed E-state index contributed by atoms with van der Waals surface area (Å²) in [5, 5.41) is 13.2. The molecule has 0 radical (unpaired) electrons. The van der Waals surface area contributed by atoms with Crippen LogP contribution in [0.25, 0.3) is 6.08 Å². The number of ether oxygens (including phenoxy) is 4. The molecule has 13 heteroatoms. The summed E-state index contributed by atoms with van der Waals surface area (Å²) in [5.74, 6) is -0.265. The van der Waals surface area contributed by atoms with Gasteiger partial charge in [0.15, 0.2) is 23.0 Å². The van der Waals surface area contributed by atoms with Crippen LogP contribution in [-0.2, 0) is 16.2 Å². The summed E-state index contributed by atoms with van der Waals surface area (Å²) in [4.78, 5) is 49.9. The van der Waals surface area contributed by atoms with Crippen molar-refractivity contribution in [2.45, 2.75) is 6.61 Å². The molecule has 2 aliphatic heterocycles. The summed E-state index contributed by atoms with van der Waals surface area (Å²) in [6.07, 6.45) is 1.32. The van der Waals surface area contributed by atoms with Gasteiger partial charge in [-0.3, -0.25) is 25.0 Å². The minimum Gasteiger partial charge on any atom is -0.493 e. The number of barbiturate groups is 1. The number of nitro benzene ring substituents is 1. The third-order valence-corrected chi connectivity index (χ3v) is 6.50. The quantitative estimate of drug-likeness (QED) is 0.182. The Morgan fingerprint density at radius 2 is 1.87 bits per heavy atom. The van der Waals surface area contributed by atoms with Crippen molar-refractivity contribution in [2.24, 2.45) is 0 Å². The van der Waals surface area contributed by atoms with Crippen LogP contribution in [0.15, 0.2) is 64.6 Å². The van der Waals surface area contributed by atoms with Gasteiger partial charge in [0.25, 0.3) is 17.5 Å². The molecule has 3 aromatic rings. The molecule has 0 bridgehead atoms. The number of halogens is 1. The fraction of sp³-hybridized carbons (Fsp3) is 0.115. The van der Waals surface area contributed by atoms with Crippen LogP contribution in [0.5, 0.6) is 23.0 Å². The van der Waals surface area contributed by atoms with Crippen molar-refractivity contribution < 1.29 is 38.3 Å². The van der Waals surface area contributed by atoms with Crippen molar-refractivity contribution in [1.82, 2.24) is 5.32 Å². The van der Waals surface area contributed by atoms with E-state index in [0.29, 0.717) is 32.8 Å². The van der Waals surface area contributed by atoms with Gasteiger partial charge in [-0.1, -0.05) is 28.1 Å². The number of amides is 4. The van der Waals surface area contributed by atoms with Gasteiger partial charge in [-0.25, -0.2) is 9.69 Å². The van der Waals surface area contributed by atoms with E-state index in [2.05, 4.69) is 21.2 Å². The third-order valence-electron chi connectivity index (χ3n) is 5.81. The third kappa shape index (κ3) is 5.11. The molecular weight excluding hydrogens is 578 g/mol. The first kappa shape index (κ1) is 25.7. The molecule has 2 heterocycles. The lowest BCUT2D eigenvalue weighted by molar-refractivity contribution is -0.384. The van der Waals surface area contributed by atoms with Crippen LogP contribution in [0, 0.1) is 10.1 Å². The molecule has 0 aromatic heterocycles. The van der Waals surface area contributed by atoms with Crippen LogP contribution in [-0.4, -0.2) is 36.7 Å². The zero-order valence-corrected chi connectivity index (χ0v) is 21.7. The number of imide groups is 2. The number of non-ortho nitro benzene ring substituents is 1. The highest BCUT2D eigenvalue weighted by Crippen LogP contribution is 2.38. The summed E-state index contributed by atoms with van der Waals surface area (Å²) in [6, 6.07) is 12.8. The van der Waals surface area contributed by atoms with Crippen LogP contribution in [0.2, 0.25) is 0 Å². The molecule has 3 aromatic carbocycles.